The number of hydrogen-bond donors (Lipinski definition) is 0. The molecule has 0 saturated heterocycles. The van der Waals surface area contributed by atoms with Crippen molar-refractivity contribution in [2.24, 2.45) is 5.41 Å². The third kappa shape index (κ3) is 6.71. The van der Waals surface area contributed by atoms with E-state index in [2.05, 4.69) is 46.8 Å². The van der Waals surface area contributed by atoms with Crippen LogP contribution in [0.4, 0.5) is 0 Å². The molecule has 2 heteroatoms. The molecular formula is C20H32NV-. The molecule has 0 spiro atoms. The molecule has 22 heavy (non-hydrogen) atoms. The number of benzene rings is 1. The molecule has 0 amide bonds. The van der Waals surface area contributed by atoms with Crippen LogP contribution >= 0.6 is 0 Å². The summed E-state index contributed by atoms with van der Waals surface area (Å²) in [5.41, 5.74) is 3.20. The van der Waals surface area contributed by atoms with Gasteiger partial charge in [-0.3, -0.25) is 0 Å². The molecule has 1 aromatic rings. The minimum Gasteiger partial charge on any atom is -0.807 e. The van der Waals surface area contributed by atoms with Crippen molar-refractivity contribution in [3.63, 3.8) is 0 Å². The summed E-state index contributed by atoms with van der Waals surface area (Å²) in [6, 6.07) is 8.38. The van der Waals surface area contributed by atoms with E-state index in [9.17, 15) is 5.41 Å². The van der Waals surface area contributed by atoms with Gasteiger partial charge in [0.2, 0.25) is 0 Å². The summed E-state index contributed by atoms with van der Waals surface area (Å²) in [6.45, 7) is 13.4. The van der Waals surface area contributed by atoms with E-state index in [-0.39, 0.29) is 24.0 Å². The van der Waals surface area contributed by atoms with Crippen LogP contribution in [-0.4, -0.2) is 5.71 Å². The second-order valence-corrected chi connectivity index (χ2v) is 7.84. The van der Waals surface area contributed by atoms with Crippen LogP contribution in [-0.2, 0) is 24.0 Å². The minimum atomic E-state index is 0. The Balaban J connectivity index is 0.00000441. The van der Waals surface area contributed by atoms with E-state index in [0.717, 1.165) is 5.56 Å². The topological polar surface area (TPSA) is 22.3 Å². The quantitative estimate of drug-likeness (QED) is 0.390. The Kier molecular flexibility index (Phi) is 8.72. The molecule has 1 radical (unpaired) electrons. The van der Waals surface area contributed by atoms with Gasteiger partial charge in [0, 0.05) is 18.6 Å². The SMILES string of the molecule is CCCCCC(C)(C)CC(C)(C)c1ccc(C(C)=[N-])cc1.[V]. The summed E-state index contributed by atoms with van der Waals surface area (Å²) in [5, 5.41) is 9.54. The Labute approximate surface area is 149 Å². The van der Waals surface area contributed by atoms with Gasteiger partial charge in [0.25, 0.3) is 0 Å². The summed E-state index contributed by atoms with van der Waals surface area (Å²) in [4.78, 5) is 0. The predicted molar refractivity (Wildman–Crippen MR) is 95.2 cm³/mol. The second-order valence-electron chi connectivity index (χ2n) is 7.84. The summed E-state index contributed by atoms with van der Waals surface area (Å²) in [6.07, 6.45) is 6.44. The molecule has 0 bridgehead atoms. The van der Waals surface area contributed by atoms with E-state index in [1.165, 1.54) is 37.7 Å². The molecule has 0 aliphatic heterocycles. The van der Waals surface area contributed by atoms with Gasteiger partial charge in [-0.1, -0.05) is 85.1 Å². The van der Waals surface area contributed by atoms with Crippen LogP contribution in [0.3, 0.4) is 0 Å². The van der Waals surface area contributed by atoms with Crippen molar-refractivity contribution in [3.05, 3.63) is 40.8 Å². The van der Waals surface area contributed by atoms with Crippen molar-refractivity contribution in [1.29, 1.82) is 0 Å². The molecule has 0 unspecified atom stereocenters. The Morgan fingerprint density at radius 2 is 1.55 bits per heavy atom. The number of unbranched alkanes of at least 4 members (excludes halogenated alkanes) is 2. The van der Waals surface area contributed by atoms with Crippen molar-refractivity contribution in [2.75, 3.05) is 0 Å². The van der Waals surface area contributed by atoms with Crippen molar-refractivity contribution < 1.29 is 18.6 Å². The fourth-order valence-corrected chi connectivity index (χ4v) is 3.40. The van der Waals surface area contributed by atoms with Gasteiger partial charge in [0.05, 0.1) is 0 Å². The van der Waals surface area contributed by atoms with Gasteiger partial charge in [0.1, 0.15) is 0 Å². The van der Waals surface area contributed by atoms with Crippen LogP contribution < -0.4 is 0 Å². The average molecular weight is 337 g/mol. The van der Waals surface area contributed by atoms with E-state index < -0.39 is 0 Å². The Morgan fingerprint density at radius 3 is 2.00 bits per heavy atom. The maximum atomic E-state index is 9.54. The summed E-state index contributed by atoms with van der Waals surface area (Å²) in [5.74, 6) is 0. The molecule has 1 aromatic carbocycles. The number of nitrogens with zero attached hydrogens (tertiary/aromatic N) is 1. The third-order valence-corrected chi connectivity index (χ3v) is 4.46. The predicted octanol–water partition coefficient (Wildman–Crippen LogP) is 6.34. The average Bonchev–Trinajstić information content (AvgIpc) is 2.37. The Morgan fingerprint density at radius 1 is 1.00 bits per heavy atom. The van der Waals surface area contributed by atoms with Crippen molar-refractivity contribution >= 4 is 5.71 Å². The second kappa shape index (κ2) is 8.94. The molecule has 0 N–H and O–H groups in total. The van der Waals surface area contributed by atoms with Crippen LogP contribution in [0.2, 0.25) is 0 Å². The van der Waals surface area contributed by atoms with E-state index >= 15 is 0 Å². The van der Waals surface area contributed by atoms with Crippen molar-refractivity contribution in [3.8, 4) is 0 Å². The largest absolute Gasteiger partial charge is 0.807 e. The number of rotatable bonds is 8. The molecule has 0 aliphatic rings. The third-order valence-electron chi connectivity index (χ3n) is 4.46. The summed E-state index contributed by atoms with van der Waals surface area (Å²) in [7, 11) is 0. The van der Waals surface area contributed by atoms with Gasteiger partial charge in [-0.05, 0) is 34.8 Å². The molecule has 0 fully saturated rings. The number of hydrogen-bond acceptors (Lipinski definition) is 0. The minimum absolute atomic E-state index is 0. The molecular weight excluding hydrogens is 305 g/mol. The molecule has 1 rings (SSSR count). The molecule has 0 heterocycles. The zero-order valence-electron chi connectivity index (χ0n) is 15.2. The standard InChI is InChI=1S/C20H32N.V/c1-7-8-9-14-19(3,4)15-20(5,6)18-12-10-17(11-13-18)16(2)21;/h10-13H,7-9,14-15H2,1-6H3;/q-1;. The molecule has 123 valence electrons. The molecule has 0 atom stereocenters. The Bertz CT molecular complexity index is 457. The summed E-state index contributed by atoms with van der Waals surface area (Å²) >= 11 is 0. The first-order valence-electron chi connectivity index (χ1n) is 8.31. The van der Waals surface area contributed by atoms with Crippen LogP contribution in [0, 0.1) is 5.41 Å². The Hall–Kier alpha value is -0.526. The van der Waals surface area contributed by atoms with Gasteiger partial charge < -0.3 is 5.41 Å². The molecule has 1 nitrogen and oxygen atoms in total. The van der Waals surface area contributed by atoms with Crippen LogP contribution in [0.1, 0.15) is 84.8 Å². The maximum Gasteiger partial charge on any atom is 0 e. The van der Waals surface area contributed by atoms with E-state index in [4.69, 9.17) is 0 Å². The van der Waals surface area contributed by atoms with Crippen molar-refractivity contribution in [2.45, 2.75) is 79.1 Å². The van der Waals surface area contributed by atoms with Gasteiger partial charge >= 0.3 is 0 Å². The van der Waals surface area contributed by atoms with Gasteiger partial charge in [-0.15, -0.1) is 0 Å². The fraction of sp³-hybridized carbons (Fsp3) is 0.650. The zero-order chi connectivity index (χ0) is 16.1. The first kappa shape index (κ1) is 21.5. The molecule has 0 aromatic heterocycles. The maximum absolute atomic E-state index is 9.54. The van der Waals surface area contributed by atoms with E-state index in [1.807, 2.05) is 12.1 Å². The molecule has 0 saturated carbocycles. The van der Waals surface area contributed by atoms with Gasteiger partial charge in [-0.25, -0.2) is 0 Å². The van der Waals surface area contributed by atoms with Gasteiger partial charge in [0.15, 0.2) is 0 Å². The van der Waals surface area contributed by atoms with Gasteiger partial charge in [-0.2, -0.15) is 5.71 Å². The first-order chi connectivity index (χ1) is 9.68. The summed E-state index contributed by atoms with van der Waals surface area (Å²) < 4.78 is 0. The first-order valence-corrected chi connectivity index (χ1v) is 8.31. The normalized spacial score (nSPS) is 11.9. The van der Waals surface area contributed by atoms with Crippen molar-refractivity contribution in [1.82, 2.24) is 0 Å². The van der Waals surface area contributed by atoms with Crippen LogP contribution in [0.5, 0.6) is 0 Å². The van der Waals surface area contributed by atoms with Crippen LogP contribution in [0.15, 0.2) is 24.3 Å². The van der Waals surface area contributed by atoms with E-state index in [0.29, 0.717) is 11.1 Å². The monoisotopic (exact) mass is 337 g/mol. The smallest absolute Gasteiger partial charge is 0 e. The molecule has 0 aliphatic carbocycles. The fourth-order valence-electron chi connectivity index (χ4n) is 3.40. The van der Waals surface area contributed by atoms with E-state index in [1.54, 1.807) is 6.92 Å². The van der Waals surface area contributed by atoms with Crippen LogP contribution in [0.25, 0.3) is 5.41 Å². The zero-order valence-corrected chi connectivity index (χ0v) is 16.6.